The number of aromatic nitrogens is 3. The average molecular weight is 425 g/mol. The van der Waals surface area contributed by atoms with Gasteiger partial charge in [-0.1, -0.05) is 23.8 Å². The van der Waals surface area contributed by atoms with Gasteiger partial charge in [0.05, 0.1) is 17.1 Å². The number of rotatable bonds is 7. The first-order chi connectivity index (χ1) is 15.6. The number of pyridine rings is 1. The zero-order valence-corrected chi connectivity index (χ0v) is 17.9. The molecule has 7 heteroatoms. The molecule has 2 aromatic heterocycles. The van der Waals surface area contributed by atoms with Crippen LogP contribution in [0.15, 0.2) is 79.3 Å². The molecule has 32 heavy (non-hydrogen) atoms. The quantitative estimate of drug-likeness (QED) is 0.437. The number of benzene rings is 2. The van der Waals surface area contributed by atoms with Crippen LogP contribution < -0.4 is 15.4 Å². The first kappa shape index (κ1) is 21.0. The van der Waals surface area contributed by atoms with Crippen molar-refractivity contribution in [2.45, 2.75) is 13.8 Å². The molecule has 4 rings (SSSR count). The van der Waals surface area contributed by atoms with E-state index >= 15 is 0 Å². The van der Waals surface area contributed by atoms with E-state index in [1.165, 1.54) is 0 Å². The Labute approximate surface area is 186 Å². The number of hydrogen-bond donors (Lipinski definition) is 2. The lowest BCUT2D eigenvalue weighted by Gasteiger charge is -2.14. The lowest BCUT2D eigenvalue weighted by atomic mass is 10.2. The van der Waals surface area contributed by atoms with Gasteiger partial charge in [0.1, 0.15) is 5.75 Å². The predicted octanol–water partition coefficient (Wildman–Crippen LogP) is 4.92. The summed E-state index contributed by atoms with van der Waals surface area (Å²) >= 11 is 0. The van der Waals surface area contributed by atoms with Crippen molar-refractivity contribution in [3.63, 3.8) is 0 Å². The summed E-state index contributed by atoms with van der Waals surface area (Å²) in [5, 5.41) is 6.10. The van der Waals surface area contributed by atoms with Crippen LogP contribution >= 0.6 is 0 Å². The minimum atomic E-state index is -0.262. The molecule has 0 fully saturated rings. The molecule has 0 saturated heterocycles. The molecule has 4 aromatic rings. The van der Waals surface area contributed by atoms with Gasteiger partial charge >= 0.3 is 0 Å². The van der Waals surface area contributed by atoms with Crippen LogP contribution in [0.5, 0.6) is 5.75 Å². The number of amides is 1. The third-order valence-corrected chi connectivity index (χ3v) is 4.70. The predicted molar refractivity (Wildman–Crippen MR) is 125 cm³/mol. The van der Waals surface area contributed by atoms with Crippen LogP contribution in [0, 0.1) is 13.8 Å². The van der Waals surface area contributed by atoms with Gasteiger partial charge in [-0.15, -0.1) is 0 Å². The smallest absolute Gasteiger partial charge is 0.262 e. The van der Waals surface area contributed by atoms with Crippen LogP contribution in [-0.4, -0.2) is 27.5 Å². The van der Waals surface area contributed by atoms with Crippen molar-refractivity contribution in [1.82, 2.24) is 15.0 Å². The van der Waals surface area contributed by atoms with Gasteiger partial charge in [-0.05, 0) is 61.9 Å². The fourth-order valence-corrected chi connectivity index (χ4v) is 3.05. The van der Waals surface area contributed by atoms with E-state index in [0.717, 1.165) is 22.4 Å². The van der Waals surface area contributed by atoms with E-state index in [4.69, 9.17) is 4.74 Å². The van der Waals surface area contributed by atoms with Crippen molar-refractivity contribution in [2.75, 3.05) is 17.2 Å². The normalized spacial score (nSPS) is 10.4. The Balaban J connectivity index is 1.47. The van der Waals surface area contributed by atoms with Crippen LogP contribution in [0.1, 0.15) is 11.1 Å². The van der Waals surface area contributed by atoms with Crippen LogP contribution in [-0.2, 0) is 4.79 Å². The van der Waals surface area contributed by atoms with Crippen molar-refractivity contribution >= 4 is 23.2 Å². The first-order valence-corrected chi connectivity index (χ1v) is 10.2. The van der Waals surface area contributed by atoms with E-state index in [0.29, 0.717) is 23.1 Å². The Hall–Kier alpha value is -4.26. The number of nitrogens with one attached hydrogen (secondary N) is 2. The molecule has 0 saturated carbocycles. The van der Waals surface area contributed by atoms with Crippen LogP contribution in [0.25, 0.3) is 11.3 Å². The van der Waals surface area contributed by atoms with Gasteiger partial charge in [-0.2, -0.15) is 0 Å². The number of carbonyl (C=O) groups excluding carboxylic acids is 1. The molecule has 1 amide bonds. The maximum absolute atomic E-state index is 12.5. The van der Waals surface area contributed by atoms with E-state index in [9.17, 15) is 4.79 Å². The highest BCUT2D eigenvalue weighted by atomic mass is 16.5. The summed E-state index contributed by atoms with van der Waals surface area (Å²) in [5.41, 5.74) is 5.11. The number of anilines is 3. The van der Waals surface area contributed by atoms with Crippen molar-refractivity contribution < 1.29 is 9.53 Å². The fraction of sp³-hybridized carbons (Fsp3) is 0.120. The summed E-state index contributed by atoms with van der Waals surface area (Å²) in [7, 11) is 0. The molecule has 0 aliphatic carbocycles. The van der Waals surface area contributed by atoms with E-state index in [1.54, 1.807) is 18.6 Å². The van der Waals surface area contributed by atoms with Gasteiger partial charge in [-0.3, -0.25) is 9.78 Å². The molecule has 0 unspecified atom stereocenters. The Morgan fingerprint density at radius 2 is 1.75 bits per heavy atom. The second kappa shape index (κ2) is 9.70. The molecule has 0 aliphatic heterocycles. The van der Waals surface area contributed by atoms with Crippen molar-refractivity contribution in [2.24, 2.45) is 0 Å². The molecule has 0 aliphatic rings. The fourth-order valence-electron chi connectivity index (χ4n) is 3.05. The standard InChI is InChI=1S/C25H23N5O2/c1-17-5-8-20(9-6-17)32-16-24(31)28-22-10-7-18(2)14-23(22)30-25-27-13-11-21(29-25)19-4-3-12-26-15-19/h3-15H,16H2,1-2H3,(H,28,31)(H,27,29,30). The second-order valence-electron chi connectivity index (χ2n) is 7.33. The average Bonchev–Trinajstić information content (AvgIpc) is 2.81. The van der Waals surface area contributed by atoms with E-state index in [1.807, 2.05) is 74.5 Å². The maximum Gasteiger partial charge on any atom is 0.262 e. The van der Waals surface area contributed by atoms with Crippen LogP contribution in [0.4, 0.5) is 17.3 Å². The third-order valence-electron chi connectivity index (χ3n) is 4.70. The Morgan fingerprint density at radius 1 is 0.938 bits per heavy atom. The third kappa shape index (κ3) is 5.46. The SMILES string of the molecule is Cc1ccc(OCC(=O)Nc2ccc(C)cc2Nc2nccc(-c3cccnc3)n2)cc1. The molecule has 2 N–H and O–H groups in total. The summed E-state index contributed by atoms with van der Waals surface area (Å²) in [5.74, 6) is 0.805. The highest BCUT2D eigenvalue weighted by molar-refractivity contribution is 5.95. The minimum Gasteiger partial charge on any atom is -0.484 e. The van der Waals surface area contributed by atoms with Gasteiger partial charge in [0.25, 0.3) is 5.91 Å². The topological polar surface area (TPSA) is 89.0 Å². The Morgan fingerprint density at radius 3 is 2.53 bits per heavy atom. The summed E-state index contributed by atoms with van der Waals surface area (Å²) in [6.07, 6.45) is 5.15. The summed E-state index contributed by atoms with van der Waals surface area (Å²) < 4.78 is 5.58. The highest BCUT2D eigenvalue weighted by Gasteiger charge is 2.11. The van der Waals surface area contributed by atoms with Crippen LogP contribution in [0.3, 0.4) is 0 Å². The molecule has 160 valence electrons. The summed E-state index contributed by atoms with van der Waals surface area (Å²) in [6, 6.07) is 18.9. The Bertz CT molecular complexity index is 1210. The van der Waals surface area contributed by atoms with Gasteiger partial charge in [0, 0.05) is 24.2 Å². The molecule has 7 nitrogen and oxygen atoms in total. The molecule has 0 radical (unpaired) electrons. The van der Waals surface area contributed by atoms with Gasteiger partial charge in [0.15, 0.2) is 6.61 Å². The maximum atomic E-state index is 12.5. The number of hydrogen-bond acceptors (Lipinski definition) is 6. The molecular formula is C25H23N5O2. The minimum absolute atomic E-state index is 0.0939. The number of nitrogens with zero attached hydrogens (tertiary/aromatic N) is 3. The largest absolute Gasteiger partial charge is 0.484 e. The van der Waals surface area contributed by atoms with E-state index in [-0.39, 0.29) is 12.5 Å². The molecule has 0 spiro atoms. The van der Waals surface area contributed by atoms with E-state index in [2.05, 4.69) is 25.6 Å². The zero-order chi connectivity index (χ0) is 22.3. The monoisotopic (exact) mass is 425 g/mol. The number of ether oxygens (including phenoxy) is 1. The van der Waals surface area contributed by atoms with Gasteiger partial charge in [0.2, 0.25) is 5.95 Å². The second-order valence-corrected chi connectivity index (χ2v) is 7.33. The zero-order valence-electron chi connectivity index (χ0n) is 17.9. The van der Waals surface area contributed by atoms with Gasteiger partial charge in [-0.25, -0.2) is 9.97 Å². The Kier molecular flexibility index (Phi) is 6.36. The molecule has 0 atom stereocenters. The number of aryl methyl sites for hydroxylation is 2. The molecular weight excluding hydrogens is 402 g/mol. The van der Waals surface area contributed by atoms with Crippen molar-refractivity contribution in [1.29, 1.82) is 0 Å². The first-order valence-electron chi connectivity index (χ1n) is 10.2. The van der Waals surface area contributed by atoms with E-state index < -0.39 is 0 Å². The molecule has 2 aromatic carbocycles. The summed E-state index contributed by atoms with van der Waals surface area (Å²) in [4.78, 5) is 25.5. The molecule has 2 heterocycles. The lowest BCUT2D eigenvalue weighted by molar-refractivity contribution is -0.118. The number of carbonyl (C=O) groups is 1. The summed E-state index contributed by atoms with van der Waals surface area (Å²) in [6.45, 7) is 3.88. The highest BCUT2D eigenvalue weighted by Crippen LogP contribution is 2.26. The lowest BCUT2D eigenvalue weighted by Crippen LogP contribution is -2.20. The van der Waals surface area contributed by atoms with Crippen LogP contribution in [0.2, 0.25) is 0 Å². The van der Waals surface area contributed by atoms with Crippen molar-refractivity contribution in [3.05, 3.63) is 90.4 Å². The van der Waals surface area contributed by atoms with Crippen molar-refractivity contribution in [3.8, 4) is 17.0 Å². The van der Waals surface area contributed by atoms with Gasteiger partial charge < -0.3 is 15.4 Å². The molecule has 0 bridgehead atoms.